The van der Waals surface area contributed by atoms with E-state index in [9.17, 15) is 19.8 Å². The number of Topliss-reactive ketones (excluding diaryl/α,β-unsaturated/α-hetero) is 1. The maximum absolute atomic E-state index is 12.8. The zero-order valence-electron chi connectivity index (χ0n) is 17.5. The Bertz CT molecular complexity index is 763. The van der Waals surface area contributed by atoms with Crippen molar-refractivity contribution in [3.05, 3.63) is 35.1 Å². The van der Waals surface area contributed by atoms with Gasteiger partial charge < -0.3 is 15.5 Å². The van der Waals surface area contributed by atoms with Gasteiger partial charge in [0.2, 0.25) is 0 Å². The van der Waals surface area contributed by atoms with E-state index in [1.165, 1.54) is 12.5 Å². The fourth-order valence-corrected chi connectivity index (χ4v) is 5.75. The molecule has 0 bridgehead atoms. The number of amides is 1. The maximum Gasteiger partial charge on any atom is 0.259 e. The van der Waals surface area contributed by atoms with E-state index in [1.807, 2.05) is 19.9 Å². The van der Waals surface area contributed by atoms with Crippen molar-refractivity contribution >= 4 is 11.7 Å². The first-order valence-electron chi connectivity index (χ1n) is 10.4. The van der Waals surface area contributed by atoms with Crippen LogP contribution in [0.4, 0.5) is 0 Å². The molecule has 7 atom stereocenters. The molecule has 1 amide bonds. The molecule has 3 aliphatic rings. The smallest absolute Gasteiger partial charge is 0.259 e. The molecule has 1 aliphatic heterocycles. The quantitative estimate of drug-likeness (QED) is 0.300. The highest BCUT2D eigenvalue weighted by Gasteiger charge is 2.54. The number of hydrogen-bond donors (Lipinski definition) is 3. The van der Waals surface area contributed by atoms with Crippen molar-refractivity contribution in [1.82, 2.24) is 5.32 Å². The van der Waals surface area contributed by atoms with Crippen LogP contribution >= 0.6 is 0 Å². The fourth-order valence-electron chi connectivity index (χ4n) is 5.75. The molecular weight excluding hydrogens is 354 g/mol. The Labute approximate surface area is 167 Å². The van der Waals surface area contributed by atoms with Gasteiger partial charge in [0.05, 0.1) is 6.10 Å². The standard InChI is InChI=1S/C23H33NO4/c1-6-7-16-13(3)11-15-10-12(2)8-9-17(15)23(16,5)21(27)18-20(26)19(14(4)25)24-22(18)28/h6-7,11-12,14-17,19,25,27H,8-10H2,1-5H3,(H,24,28). The summed E-state index contributed by atoms with van der Waals surface area (Å²) >= 11 is 0. The first-order chi connectivity index (χ1) is 13.1. The molecule has 1 heterocycles. The normalized spacial score (nSPS) is 41.5. The van der Waals surface area contributed by atoms with Crippen LogP contribution in [0.15, 0.2) is 35.1 Å². The lowest BCUT2D eigenvalue weighted by atomic mass is 9.52. The number of carbonyl (C=O) groups is 2. The summed E-state index contributed by atoms with van der Waals surface area (Å²) in [5.74, 6) is -0.173. The molecule has 3 N–H and O–H groups in total. The number of hydrogen-bond acceptors (Lipinski definition) is 4. The molecule has 154 valence electrons. The third-order valence-electron chi connectivity index (χ3n) is 7.20. The molecule has 3 rings (SSSR count). The van der Waals surface area contributed by atoms with Gasteiger partial charge in [0.1, 0.15) is 17.4 Å². The lowest BCUT2D eigenvalue weighted by Crippen LogP contribution is -2.46. The van der Waals surface area contributed by atoms with Crippen LogP contribution in [0.1, 0.15) is 53.9 Å². The minimum atomic E-state index is -1.00. The molecule has 7 unspecified atom stereocenters. The highest BCUT2D eigenvalue weighted by atomic mass is 16.3. The molecule has 5 heteroatoms. The Kier molecular flexibility index (Phi) is 5.59. The Balaban J connectivity index is 2.16. The van der Waals surface area contributed by atoms with Gasteiger partial charge >= 0.3 is 0 Å². The molecule has 0 spiro atoms. The van der Waals surface area contributed by atoms with Gasteiger partial charge in [-0.1, -0.05) is 44.1 Å². The molecule has 1 saturated heterocycles. The maximum atomic E-state index is 12.8. The van der Waals surface area contributed by atoms with Crippen molar-refractivity contribution in [1.29, 1.82) is 0 Å². The van der Waals surface area contributed by atoms with E-state index in [0.717, 1.165) is 19.3 Å². The second-order valence-corrected chi connectivity index (χ2v) is 9.16. The Morgan fingerprint density at radius 2 is 2.04 bits per heavy atom. The van der Waals surface area contributed by atoms with E-state index in [4.69, 9.17) is 0 Å². The minimum absolute atomic E-state index is 0.0779. The summed E-state index contributed by atoms with van der Waals surface area (Å²) in [4.78, 5) is 25.4. The molecule has 0 radical (unpaired) electrons. The summed E-state index contributed by atoms with van der Waals surface area (Å²) in [6.45, 7) is 9.75. The molecule has 5 nitrogen and oxygen atoms in total. The summed E-state index contributed by atoms with van der Waals surface area (Å²) in [7, 11) is 0. The number of carbonyl (C=O) groups excluding carboxylic acids is 2. The average Bonchev–Trinajstić information content (AvgIpc) is 2.92. The second kappa shape index (κ2) is 7.51. The summed E-state index contributed by atoms with van der Waals surface area (Å²) < 4.78 is 0. The molecule has 0 aromatic heterocycles. The number of aliphatic hydroxyl groups is 2. The summed E-state index contributed by atoms with van der Waals surface area (Å²) in [6, 6.07) is -0.990. The molecular formula is C23H33NO4. The van der Waals surface area contributed by atoms with Gasteiger partial charge in [-0.3, -0.25) is 9.59 Å². The molecule has 2 fully saturated rings. The van der Waals surface area contributed by atoms with E-state index in [2.05, 4.69) is 31.3 Å². The number of aliphatic hydroxyl groups excluding tert-OH is 2. The summed E-state index contributed by atoms with van der Waals surface area (Å²) in [5.41, 5.74) is 0.266. The molecule has 2 aliphatic carbocycles. The monoisotopic (exact) mass is 387 g/mol. The predicted molar refractivity (Wildman–Crippen MR) is 108 cm³/mol. The lowest BCUT2D eigenvalue weighted by molar-refractivity contribution is -0.118. The molecule has 0 aromatic carbocycles. The predicted octanol–water partition coefficient (Wildman–Crippen LogP) is 3.46. The largest absolute Gasteiger partial charge is 0.511 e. The van der Waals surface area contributed by atoms with Crippen LogP contribution in [-0.4, -0.2) is 34.0 Å². The minimum Gasteiger partial charge on any atom is -0.511 e. The molecule has 0 aromatic rings. The third-order valence-corrected chi connectivity index (χ3v) is 7.20. The first kappa shape index (κ1) is 20.8. The van der Waals surface area contributed by atoms with Gasteiger partial charge in [-0.2, -0.15) is 0 Å². The third kappa shape index (κ3) is 3.14. The van der Waals surface area contributed by atoms with Gasteiger partial charge in [-0.15, -0.1) is 0 Å². The van der Waals surface area contributed by atoms with Gasteiger partial charge in [0, 0.05) is 11.3 Å². The number of nitrogens with one attached hydrogen (secondary N) is 1. The topological polar surface area (TPSA) is 86.6 Å². The van der Waals surface area contributed by atoms with E-state index in [1.54, 1.807) is 0 Å². The van der Waals surface area contributed by atoms with Crippen LogP contribution in [0.25, 0.3) is 0 Å². The van der Waals surface area contributed by atoms with Crippen LogP contribution in [0, 0.1) is 29.1 Å². The molecule has 1 saturated carbocycles. The zero-order valence-corrected chi connectivity index (χ0v) is 17.5. The SMILES string of the molecule is CC=CC1C(C)=CC2CC(C)CCC2C1(C)C(O)=C1C(=O)NC(C(C)O)C1=O. The van der Waals surface area contributed by atoms with Gasteiger partial charge in [0.25, 0.3) is 5.91 Å². The van der Waals surface area contributed by atoms with Crippen LogP contribution in [0.3, 0.4) is 0 Å². The van der Waals surface area contributed by atoms with Gasteiger partial charge in [-0.25, -0.2) is 0 Å². The Morgan fingerprint density at radius 3 is 2.61 bits per heavy atom. The van der Waals surface area contributed by atoms with Gasteiger partial charge in [-0.05, 0) is 51.4 Å². The fraction of sp³-hybridized carbons (Fsp3) is 0.652. The van der Waals surface area contributed by atoms with Crippen LogP contribution in [0.2, 0.25) is 0 Å². The number of allylic oxidation sites excluding steroid dienone is 5. The van der Waals surface area contributed by atoms with E-state index in [-0.39, 0.29) is 23.2 Å². The van der Waals surface area contributed by atoms with Crippen molar-refractivity contribution < 1.29 is 19.8 Å². The van der Waals surface area contributed by atoms with Crippen molar-refractivity contribution in [2.24, 2.45) is 29.1 Å². The highest BCUT2D eigenvalue weighted by molar-refractivity contribution is 6.27. The van der Waals surface area contributed by atoms with Crippen molar-refractivity contribution in [2.75, 3.05) is 0 Å². The van der Waals surface area contributed by atoms with E-state index in [0.29, 0.717) is 11.8 Å². The Morgan fingerprint density at radius 1 is 1.36 bits per heavy atom. The number of rotatable bonds is 3. The summed E-state index contributed by atoms with van der Waals surface area (Å²) in [6.07, 6.45) is 8.45. The van der Waals surface area contributed by atoms with Crippen molar-refractivity contribution in [3.8, 4) is 0 Å². The second-order valence-electron chi connectivity index (χ2n) is 9.16. The lowest BCUT2D eigenvalue weighted by Gasteiger charge is -2.52. The highest BCUT2D eigenvalue weighted by Crippen LogP contribution is 2.57. The van der Waals surface area contributed by atoms with Crippen molar-refractivity contribution in [3.63, 3.8) is 0 Å². The summed E-state index contributed by atoms with van der Waals surface area (Å²) in [5, 5.41) is 23.8. The zero-order chi connectivity index (χ0) is 20.8. The Hall–Kier alpha value is -1.88. The van der Waals surface area contributed by atoms with Crippen LogP contribution < -0.4 is 5.32 Å². The van der Waals surface area contributed by atoms with E-state index >= 15 is 0 Å². The first-order valence-corrected chi connectivity index (χ1v) is 10.4. The molecule has 28 heavy (non-hydrogen) atoms. The van der Waals surface area contributed by atoms with Crippen LogP contribution in [-0.2, 0) is 9.59 Å². The van der Waals surface area contributed by atoms with E-state index < -0.39 is 29.3 Å². The van der Waals surface area contributed by atoms with Gasteiger partial charge in [0.15, 0.2) is 5.78 Å². The van der Waals surface area contributed by atoms with Crippen LogP contribution in [0.5, 0.6) is 0 Å². The number of fused-ring (bicyclic) bond motifs is 1. The van der Waals surface area contributed by atoms with Crippen molar-refractivity contribution in [2.45, 2.75) is 66.0 Å². The number of ketones is 1. The average molecular weight is 388 g/mol.